The molecule has 0 radical (unpaired) electrons. The fourth-order valence-corrected chi connectivity index (χ4v) is 2.98. The summed E-state index contributed by atoms with van der Waals surface area (Å²) >= 11 is 0. The number of aryl methyl sites for hydroxylation is 1. The van der Waals surface area contributed by atoms with Crippen molar-refractivity contribution in [2.24, 2.45) is 5.73 Å². The zero-order chi connectivity index (χ0) is 16.9. The van der Waals surface area contributed by atoms with E-state index in [0.717, 1.165) is 12.0 Å². The molecule has 4 nitrogen and oxygen atoms in total. The largest absolute Gasteiger partial charge is 0.361 e. The molecule has 0 aliphatic carbocycles. The Bertz CT molecular complexity index is 823. The quantitative estimate of drug-likeness (QED) is 0.653. The van der Waals surface area contributed by atoms with Crippen molar-refractivity contribution >= 4 is 16.8 Å². The molecule has 4 N–H and O–H groups in total. The van der Waals surface area contributed by atoms with Gasteiger partial charge >= 0.3 is 0 Å². The normalized spacial score (nSPS) is 12.2. The molecule has 0 aliphatic rings. The number of hydrogen-bond acceptors (Lipinski definition) is 2. The minimum absolute atomic E-state index is 0.102. The third-order valence-electron chi connectivity index (χ3n) is 4.34. The number of nitrogens with one attached hydrogen (secondary N) is 2. The highest BCUT2D eigenvalue weighted by molar-refractivity contribution is 5.86. The van der Waals surface area contributed by atoms with Gasteiger partial charge in [-0.15, -0.1) is 0 Å². The summed E-state index contributed by atoms with van der Waals surface area (Å²) in [5, 5.41) is 4.16. The first kappa shape index (κ1) is 16.3. The van der Waals surface area contributed by atoms with Crippen molar-refractivity contribution in [2.45, 2.75) is 25.8 Å². The van der Waals surface area contributed by atoms with Crippen LogP contribution in [0.5, 0.6) is 0 Å². The average Bonchev–Trinajstić information content (AvgIpc) is 3.00. The Balaban J connectivity index is 1.53. The van der Waals surface area contributed by atoms with E-state index in [1.54, 1.807) is 0 Å². The second-order valence-electron chi connectivity index (χ2n) is 6.15. The number of rotatable bonds is 6. The molecule has 3 rings (SSSR count). The van der Waals surface area contributed by atoms with Crippen LogP contribution in [0, 0.1) is 6.92 Å². The van der Waals surface area contributed by atoms with Gasteiger partial charge in [0.2, 0.25) is 5.91 Å². The lowest BCUT2D eigenvalue weighted by molar-refractivity contribution is -0.122. The van der Waals surface area contributed by atoms with Crippen LogP contribution < -0.4 is 11.1 Å². The van der Waals surface area contributed by atoms with E-state index in [0.29, 0.717) is 13.0 Å². The predicted molar refractivity (Wildman–Crippen MR) is 97.9 cm³/mol. The first-order valence-electron chi connectivity index (χ1n) is 8.28. The Morgan fingerprint density at radius 2 is 1.96 bits per heavy atom. The second kappa shape index (κ2) is 7.32. The molecule has 0 spiro atoms. The molecular formula is C20H23N3O. The summed E-state index contributed by atoms with van der Waals surface area (Å²) in [7, 11) is 0. The molecule has 0 bridgehead atoms. The van der Waals surface area contributed by atoms with Crippen LogP contribution in [0.1, 0.15) is 16.7 Å². The minimum atomic E-state index is -0.516. The van der Waals surface area contributed by atoms with Gasteiger partial charge in [0.15, 0.2) is 0 Å². The van der Waals surface area contributed by atoms with Crippen molar-refractivity contribution in [1.29, 1.82) is 0 Å². The molecule has 0 saturated carbocycles. The maximum atomic E-state index is 12.1. The first-order chi connectivity index (χ1) is 11.6. The smallest absolute Gasteiger partial charge is 0.237 e. The third-order valence-corrected chi connectivity index (χ3v) is 4.34. The highest BCUT2D eigenvalue weighted by Crippen LogP contribution is 2.21. The summed E-state index contributed by atoms with van der Waals surface area (Å²) < 4.78 is 0. The number of amides is 1. The van der Waals surface area contributed by atoms with Gasteiger partial charge in [-0.05, 0) is 36.5 Å². The molecule has 1 atom stereocenters. The number of aromatic nitrogens is 1. The molecule has 1 amide bonds. The van der Waals surface area contributed by atoms with Crippen molar-refractivity contribution < 1.29 is 4.79 Å². The molecule has 0 aliphatic heterocycles. The SMILES string of the molecule is Cc1cccc2c(CCNC(=O)[C@@H](N)Cc3ccccc3)c[nH]c12. The Labute approximate surface area is 142 Å². The van der Waals surface area contributed by atoms with Crippen LogP contribution in [0.2, 0.25) is 0 Å². The number of fused-ring (bicyclic) bond motifs is 1. The van der Waals surface area contributed by atoms with E-state index < -0.39 is 6.04 Å². The predicted octanol–water partition coefficient (Wildman–Crippen LogP) is 2.71. The van der Waals surface area contributed by atoms with Crippen LogP contribution in [-0.2, 0) is 17.6 Å². The fourth-order valence-electron chi connectivity index (χ4n) is 2.98. The number of para-hydroxylation sites is 1. The molecule has 0 unspecified atom stereocenters. The summed E-state index contributed by atoms with van der Waals surface area (Å²) in [5.41, 5.74) is 10.7. The van der Waals surface area contributed by atoms with Crippen LogP contribution in [0.25, 0.3) is 10.9 Å². The van der Waals surface area contributed by atoms with Gasteiger partial charge in [-0.2, -0.15) is 0 Å². The number of hydrogen-bond donors (Lipinski definition) is 3. The maximum absolute atomic E-state index is 12.1. The van der Waals surface area contributed by atoms with Gasteiger partial charge in [0, 0.05) is 23.6 Å². The number of carbonyl (C=O) groups excluding carboxylic acids is 1. The molecule has 3 aromatic rings. The van der Waals surface area contributed by atoms with E-state index in [2.05, 4.69) is 35.4 Å². The Morgan fingerprint density at radius 3 is 2.75 bits per heavy atom. The minimum Gasteiger partial charge on any atom is -0.361 e. The van der Waals surface area contributed by atoms with Crippen LogP contribution in [0.3, 0.4) is 0 Å². The second-order valence-corrected chi connectivity index (χ2v) is 6.15. The van der Waals surface area contributed by atoms with Crippen molar-refractivity contribution in [3.05, 3.63) is 71.4 Å². The number of H-pyrrole nitrogens is 1. The highest BCUT2D eigenvalue weighted by atomic mass is 16.2. The number of benzene rings is 2. The Morgan fingerprint density at radius 1 is 1.17 bits per heavy atom. The van der Waals surface area contributed by atoms with Crippen molar-refractivity contribution in [3.8, 4) is 0 Å². The average molecular weight is 321 g/mol. The molecule has 0 fully saturated rings. The van der Waals surface area contributed by atoms with E-state index in [1.165, 1.54) is 22.0 Å². The summed E-state index contributed by atoms with van der Waals surface area (Å²) in [6, 6.07) is 15.6. The standard InChI is InChI=1S/C20H23N3O/c1-14-6-5-9-17-16(13-23-19(14)17)10-11-22-20(24)18(21)12-15-7-3-2-4-8-15/h2-9,13,18,23H,10-12,21H2,1H3,(H,22,24)/t18-/m0/s1. The zero-order valence-electron chi connectivity index (χ0n) is 13.9. The lowest BCUT2D eigenvalue weighted by atomic mass is 10.1. The van der Waals surface area contributed by atoms with E-state index in [4.69, 9.17) is 5.73 Å². The van der Waals surface area contributed by atoms with Crippen molar-refractivity contribution in [1.82, 2.24) is 10.3 Å². The van der Waals surface area contributed by atoms with E-state index in [-0.39, 0.29) is 5.91 Å². The molecule has 1 aromatic heterocycles. The van der Waals surface area contributed by atoms with Gasteiger partial charge < -0.3 is 16.0 Å². The van der Waals surface area contributed by atoms with Crippen LogP contribution in [-0.4, -0.2) is 23.5 Å². The zero-order valence-corrected chi connectivity index (χ0v) is 13.9. The topological polar surface area (TPSA) is 70.9 Å². The molecule has 2 aromatic carbocycles. The summed E-state index contributed by atoms with van der Waals surface area (Å²) in [6.45, 7) is 2.68. The van der Waals surface area contributed by atoms with Crippen LogP contribution in [0.15, 0.2) is 54.7 Å². The summed E-state index contributed by atoms with van der Waals surface area (Å²) in [6.07, 6.45) is 3.36. The fraction of sp³-hybridized carbons (Fsp3) is 0.250. The van der Waals surface area contributed by atoms with Gasteiger partial charge in [0.1, 0.15) is 0 Å². The molecule has 0 saturated heterocycles. The Hall–Kier alpha value is -2.59. The number of aromatic amines is 1. The number of carbonyl (C=O) groups is 1. The lowest BCUT2D eigenvalue weighted by Gasteiger charge is -2.12. The number of nitrogens with two attached hydrogens (primary N) is 1. The molecule has 1 heterocycles. The summed E-state index contributed by atoms with van der Waals surface area (Å²) in [4.78, 5) is 15.5. The van der Waals surface area contributed by atoms with Gasteiger partial charge in [-0.1, -0.05) is 48.5 Å². The van der Waals surface area contributed by atoms with Crippen LogP contribution >= 0.6 is 0 Å². The maximum Gasteiger partial charge on any atom is 0.237 e. The molecule has 124 valence electrons. The molecule has 4 heteroatoms. The van der Waals surface area contributed by atoms with E-state index >= 15 is 0 Å². The van der Waals surface area contributed by atoms with Gasteiger partial charge in [0.25, 0.3) is 0 Å². The molecular weight excluding hydrogens is 298 g/mol. The van der Waals surface area contributed by atoms with Crippen LogP contribution in [0.4, 0.5) is 0 Å². The highest BCUT2D eigenvalue weighted by Gasteiger charge is 2.13. The lowest BCUT2D eigenvalue weighted by Crippen LogP contribution is -2.42. The van der Waals surface area contributed by atoms with Crippen molar-refractivity contribution in [2.75, 3.05) is 6.54 Å². The van der Waals surface area contributed by atoms with Crippen molar-refractivity contribution in [3.63, 3.8) is 0 Å². The van der Waals surface area contributed by atoms with Gasteiger partial charge in [-0.3, -0.25) is 4.79 Å². The van der Waals surface area contributed by atoms with Gasteiger partial charge in [-0.25, -0.2) is 0 Å². The summed E-state index contributed by atoms with van der Waals surface area (Å²) in [5.74, 6) is -0.102. The first-order valence-corrected chi connectivity index (χ1v) is 8.28. The molecule has 24 heavy (non-hydrogen) atoms. The monoisotopic (exact) mass is 321 g/mol. The third kappa shape index (κ3) is 3.66. The van der Waals surface area contributed by atoms with E-state index in [1.807, 2.05) is 36.5 Å². The Kier molecular flexibility index (Phi) is 4.96. The van der Waals surface area contributed by atoms with Gasteiger partial charge in [0.05, 0.1) is 6.04 Å². The van der Waals surface area contributed by atoms with E-state index in [9.17, 15) is 4.79 Å².